The SMILES string of the molecule is CNC(=O)c1ccc(N2CCN(Cc3ccnc(NC(=O)NCCF)c3)CC2)c(C)n1. The third-order valence-electron chi connectivity index (χ3n) is 5.08. The summed E-state index contributed by atoms with van der Waals surface area (Å²) in [5.74, 6) is 0.246. The molecule has 0 spiro atoms. The van der Waals surface area contributed by atoms with Crippen molar-refractivity contribution >= 4 is 23.4 Å². The Bertz CT molecular complexity index is 916. The molecular weight excluding hydrogens is 401 g/mol. The number of carbonyl (C=O) groups is 2. The van der Waals surface area contributed by atoms with Crippen LogP contribution in [0.4, 0.5) is 20.7 Å². The van der Waals surface area contributed by atoms with Crippen LogP contribution >= 0.6 is 0 Å². The van der Waals surface area contributed by atoms with Crippen molar-refractivity contribution in [2.75, 3.05) is 56.7 Å². The fourth-order valence-electron chi connectivity index (χ4n) is 3.51. The van der Waals surface area contributed by atoms with E-state index in [9.17, 15) is 14.0 Å². The highest BCUT2D eigenvalue weighted by Crippen LogP contribution is 2.21. The number of hydrogen-bond acceptors (Lipinski definition) is 6. The average molecular weight is 430 g/mol. The highest BCUT2D eigenvalue weighted by atomic mass is 19.1. The maximum absolute atomic E-state index is 12.2. The number of alkyl halides is 1. The van der Waals surface area contributed by atoms with E-state index in [0.29, 0.717) is 11.5 Å². The normalized spacial score (nSPS) is 14.2. The summed E-state index contributed by atoms with van der Waals surface area (Å²) in [4.78, 5) is 36.6. The number of carbonyl (C=O) groups excluding carboxylic acids is 2. The summed E-state index contributed by atoms with van der Waals surface area (Å²) in [7, 11) is 1.59. The van der Waals surface area contributed by atoms with Gasteiger partial charge in [-0.25, -0.2) is 19.2 Å². The molecule has 3 N–H and O–H groups in total. The van der Waals surface area contributed by atoms with Gasteiger partial charge in [-0.05, 0) is 36.8 Å². The molecule has 10 heteroatoms. The molecular formula is C21H28FN7O2. The molecule has 9 nitrogen and oxygen atoms in total. The predicted octanol–water partition coefficient (Wildman–Crippen LogP) is 1.56. The van der Waals surface area contributed by atoms with Gasteiger partial charge in [0.15, 0.2) is 0 Å². The minimum absolute atomic E-state index is 0.0284. The number of urea groups is 1. The van der Waals surface area contributed by atoms with E-state index in [1.165, 1.54) is 0 Å². The first kappa shape index (κ1) is 22.4. The molecule has 0 bridgehead atoms. The molecule has 0 unspecified atom stereocenters. The third-order valence-corrected chi connectivity index (χ3v) is 5.08. The Morgan fingerprint density at radius 3 is 2.61 bits per heavy atom. The quantitative estimate of drug-likeness (QED) is 0.617. The van der Waals surface area contributed by atoms with Gasteiger partial charge in [0.1, 0.15) is 18.2 Å². The minimum Gasteiger partial charge on any atom is -0.368 e. The lowest BCUT2D eigenvalue weighted by Crippen LogP contribution is -2.46. The van der Waals surface area contributed by atoms with Crippen LogP contribution in [0.15, 0.2) is 30.5 Å². The van der Waals surface area contributed by atoms with Gasteiger partial charge in [-0.1, -0.05) is 0 Å². The summed E-state index contributed by atoms with van der Waals surface area (Å²) in [6, 6.07) is 6.98. The van der Waals surface area contributed by atoms with Crippen molar-refractivity contribution in [1.82, 2.24) is 25.5 Å². The van der Waals surface area contributed by atoms with Crippen LogP contribution in [0.1, 0.15) is 21.7 Å². The number of rotatable bonds is 7. The van der Waals surface area contributed by atoms with E-state index in [1.807, 2.05) is 25.1 Å². The molecule has 31 heavy (non-hydrogen) atoms. The van der Waals surface area contributed by atoms with Crippen molar-refractivity contribution in [1.29, 1.82) is 0 Å². The summed E-state index contributed by atoms with van der Waals surface area (Å²) in [5, 5.41) is 7.62. The van der Waals surface area contributed by atoms with Crippen LogP contribution < -0.4 is 20.9 Å². The zero-order valence-electron chi connectivity index (χ0n) is 17.8. The lowest BCUT2D eigenvalue weighted by atomic mass is 10.2. The topological polar surface area (TPSA) is 102 Å². The number of halogens is 1. The fraction of sp³-hybridized carbons (Fsp3) is 0.429. The molecule has 0 radical (unpaired) electrons. The van der Waals surface area contributed by atoms with Crippen LogP contribution in [0.5, 0.6) is 0 Å². The fourth-order valence-corrected chi connectivity index (χ4v) is 3.51. The standard InChI is InChI=1S/C21H28FN7O2/c1-15-18(4-3-17(26-15)20(30)23-2)29-11-9-28(10-12-29)14-16-5-7-24-19(13-16)27-21(31)25-8-6-22/h3-5,7,13H,6,8-12,14H2,1-2H3,(H,23,30)(H2,24,25,27,31). The van der Waals surface area contributed by atoms with E-state index in [0.717, 1.165) is 49.7 Å². The number of aryl methyl sites for hydroxylation is 1. The van der Waals surface area contributed by atoms with Crippen molar-refractivity contribution in [2.24, 2.45) is 0 Å². The molecule has 0 saturated carbocycles. The van der Waals surface area contributed by atoms with E-state index in [1.54, 1.807) is 19.3 Å². The molecule has 1 fully saturated rings. The molecule has 1 aliphatic heterocycles. The monoisotopic (exact) mass is 429 g/mol. The van der Waals surface area contributed by atoms with Crippen molar-refractivity contribution in [2.45, 2.75) is 13.5 Å². The number of amides is 3. The number of nitrogens with zero attached hydrogens (tertiary/aromatic N) is 4. The zero-order valence-corrected chi connectivity index (χ0v) is 17.8. The summed E-state index contributed by atoms with van der Waals surface area (Å²) >= 11 is 0. The highest BCUT2D eigenvalue weighted by molar-refractivity contribution is 5.92. The first-order valence-corrected chi connectivity index (χ1v) is 10.2. The van der Waals surface area contributed by atoms with E-state index < -0.39 is 12.7 Å². The Morgan fingerprint density at radius 2 is 1.94 bits per heavy atom. The average Bonchev–Trinajstić information content (AvgIpc) is 2.78. The molecule has 2 aromatic rings. The van der Waals surface area contributed by atoms with Crippen LogP contribution in [-0.4, -0.2) is 73.3 Å². The molecule has 3 heterocycles. The van der Waals surface area contributed by atoms with Gasteiger partial charge in [-0.15, -0.1) is 0 Å². The Hall–Kier alpha value is -3.27. The van der Waals surface area contributed by atoms with Crippen molar-refractivity contribution in [3.63, 3.8) is 0 Å². The largest absolute Gasteiger partial charge is 0.368 e. The second-order valence-corrected chi connectivity index (χ2v) is 7.26. The molecule has 1 aliphatic rings. The van der Waals surface area contributed by atoms with Gasteiger partial charge in [-0.3, -0.25) is 15.0 Å². The van der Waals surface area contributed by atoms with Crippen LogP contribution in [0, 0.1) is 6.92 Å². The van der Waals surface area contributed by atoms with E-state index in [-0.39, 0.29) is 12.5 Å². The van der Waals surface area contributed by atoms with Gasteiger partial charge in [0, 0.05) is 52.5 Å². The maximum atomic E-state index is 12.2. The van der Waals surface area contributed by atoms with Crippen LogP contribution in [0.25, 0.3) is 0 Å². The predicted molar refractivity (Wildman–Crippen MR) is 117 cm³/mol. The van der Waals surface area contributed by atoms with Crippen LogP contribution in [0.3, 0.4) is 0 Å². The molecule has 2 aromatic heterocycles. The summed E-state index contributed by atoms with van der Waals surface area (Å²) < 4.78 is 12.2. The Balaban J connectivity index is 1.54. The lowest BCUT2D eigenvalue weighted by molar-refractivity contribution is 0.0958. The molecule has 166 valence electrons. The van der Waals surface area contributed by atoms with Gasteiger partial charge in [0.2, 0.25) is 0 Å². The summed E-state index contributed by atoms with van der Waals surface area (Å²) in [5.41, 5.74) is 3.34. The molecule has 0 atom stereocenters. The van der Waals surface area contributed by atoms with Crippen molar-refractivity contribution < 1.29 is 14.0 Å². The Labute approximate surface area is 181 Å². The van der Waals surface area contributed by atoms with Gasteiger partial charge in [0.05, 0.1) is 11.4 Å². The first-order chi connectivity index (χ1) is 15.0. The number of nitrogens with one attached hydrogen (secondary N) is 3. The highest BCUT2D eigenvalue weighted by Gasteiger charge is 2.20. The number of hydrogen-bond donors (Lipinski definition) is 3. The maximum Gasteiger partial charge on any atom is 0.320 e. The van der Waals surface area contributed by atoms with Crippen LogP contribution in [0.2, 0.25) is 0 Å². The van der Waals surface area contributed by atoms with Crippen molar-refractivity contribution in [3.05, 3.63) is 47.4 Å². The molecule has 3 amide bonds. The Morgan fingerprint density at radius 1 is 1.16 bits per heavy atom. The summed E-state index contributed by atoms with van der Waals surface area (Å²) in [6.45, 7) is 5.47. The van der Waals surface area contributed by atoms with Crippen LogP contribution in [-0.2, 0) is 6.54 Å². The molecule has 1 saturated heterocycles. The van der Waals surface area contributed by atoms with Crippen molar-refractivity contribution in [3.8, 4) is 0 Å². The summed E-state index contributed by atoms with van der Waals surface area (Å²) in [6.07, 6.45) is 1.65. The second-order valence-electron chi connectivity index (χ2n) is 7.26. The lowest BCUT2D eigenvalue weighted by Gasteiger charge is -2.36. The van der Waals surface area contributed by atoms with E-state index >= 15 is 0 Å². The number of anilines is 2. The third kappa shape index (κ3) is 6.11. The van der Waals surface area contributed by atoms with Gasteiger partial charge < -0.3 is 15.5 Å². The molecule has 0 aromatic carbocycles. The minimum atomic E-state index is -0.610. The number of aromatic nitrogens is 2. The molecule has 3 rings (SSSR count). The Kier molecular flexibility index (Phi) is 7.71. The smallest absolute Gasteiger partial charge is 0.320 e. The number of pyridine rings is 2. The first-order valence-electron chi connectivity index (χ1n) is 10.2. The molecule has 0 aliphatic carbocycles. The zero-order chi connectivity index (χ0) is 22.2. The van der Waals surface area contributed by atoms with Gasteiger partial charge >= 0.3 is 6.03 Å². The van der Waals surface area contributed by atoms with E-state index in [2.05, 4.69) is 35.7 Å². The van der Waals surface area contributed by atoms with Gasteiger partial charge in [-0.2, -0.15) is 0 Å². The van der Waals surface area contributed by atoms with E-state index in [4.69, 9.17) is 0 Å². The second kappa shape index (κ2) is 10.7. The number of piperazine rings is 1. The van der Waals surface area contributed by atoms with Gasteiger partial charge in [0.25, 0.3) is 5.91 Å².